The van der Waals surface area contributed by atoms with Crippen molar-refractivity contribution < 1.29 is 27.1 Å². The summed E-state index contributed by atoms with van der Waals surface area (Å²) in [5.74, 6) is -0.258. The molecule has 0 aliphatic carbocycles. The van der Waals surface area contributed by atoms with Crippen LogP contribution in [0.15, 0.2) is 44.3 Å². The van der Waals surface area contributed by atoms with Gasteiger partial charge in [-0.25, -0.2) is 13.2 Å². The number of benzene rings is 1. The first-order valence-corrected chi connectivity index (χ1v) is 9.51. The van der Waals surface area contributed by atoms with Crippen molar-refractivity contribution in [1.29, 1.82) is 0 Å². The number of esters is 1. The highest BCUT2D eigenvalue weighted by atomic mass is 32.2. The lowest BCUT2D eigenvalue weighted by Crippen LogP contribution is -2.11. The number of furan rings is 1. The molecule has 0 spiro atoms. The summed E-state index contributed by atoms with van der Waals surface area (Å²) < 4.78 is 42.8. The second kappa shape index (κ2) is 6.87. The number of thiophene rings is 1. The maximum absolute atomic E-state index is 12.3. The second-order valence-corrected chi connectivity index (χ2v) is 7.93. The first-order chi connectivity index (χ1) is 12.0. The van der Waals surface area contributed by atoms with Crippen LogP contribution in [0.1, 0.15) is 16.1 Å². The molecule has 0 atom stereocenters. The minimum absolute atomic E-state index is 0.0926. The molecule has 0 bridgehead atoms. The van der Waals surface area contributed by atoms with Crippen LogP contribution in [0.2, 0.25) is 0 Å². The van der Waals surface area contributed by atoms with E-state index in [1.165, 1.54) is 26.4 Å². The molecule has 25 heavy (non-hydrogen) atoms. The van der Waals surface area contributed by atoms with Gasteiger partial charge in [0, 0.05) is 18.2 Å². The Morgan fingerprint density at radius 1 is 1.28 bits per heavy atom. The van der Waals surface area contributed by atoms with Crippen LogP contribution in [0.4, 0.5) is 5.69 Å². The van der Waals surface area contributed by atoms with Crippen molar-refractivity contribution in [1.82, 2.24) is 0 Å². The summed E-state index contributed by atoms with van der Waals surface area (Å²) in [4.78, 5) is 12.1. The van der Waals surface area contributed by atoms with E-state index in [-0.39, 0.29) is 16.4 Å². The van der Waals surface area contributed by atoms with E-state index in [1.54, 1.807) is 23.6 Å². The van der Waals surface area contributed by atoms with Crippen LogP contribution in [-0.4, -0.2) is 28.6 Å². The lowest BCUT2D eigenvalue weighted by Gasteiger charge is -2.06. The van der Waals surface area contributed by atoms with Crippen LogP contribution in [-0.2, 0) is 26.1 Å². The van der Waals surface area contributed by atoms with Gasteiger partial charge in [0.2, 0.25) is 0 Å². The van der Waals surface area contributed by atoms with Crippen molar-refractivity contribution in [2.24, 2.45) is 0 Å². The largest absolute Gasteiger partial charge is 0.465 e. The number of fused-ring (bicyclic) bond motifs is 1. The van der Waals surface area contributed by atoms with Gasteiger partial charge in [-0.3, -0.25) is 4.72 Å². The average Bonchev–Trinajstić information content (AvgIpc) is 3.22. The molecular weight excluding hydrogens is 366 g/mol. The van der Waals surface area contributed by atoms with Gasteiger partial charge in [-0.1, -0.05) is 6.07 Å². The van der Waals surface area contributed by atoms with Gasteiger partial charge in [-0.2, -0.15) is 0 Å². The van der Waals surface area contributed by atoms with Crippen molar-refractivity contribution in [3.8, 4) is 0 Å². The van der Waals surface area contributed by atoms with E-state index in [0.29, 0.717) is 22.4 Å². The Balaban J connectivity index is 2.06. The summed E-state index contributed by atoms with van der Waals surface area (Å²) in [6, 6.07) is 7.86. The average molecular weight is 381 g/mol. The summed E-state index contributed by atoms with van der Waals surface area (Å²) in [6.45, 7) is 0.0926. The number of methoxy groups -OCH3 is 2. The number of hydrogen-bond donors (Lipinski definition) is 1. The zero-order chi connectivity index (χ0) is 18.0. The number of hydrogen-bond acceptors (Lipinski definition) is 7. The predicted molar refractivity (Wildman–Crippen MR) is 93.4 cm³/mol. The Bertz CT molecular complexity index is 1000. The van der Waals surface area contributed by atoms with Crippen molar-refractivity contribution in [3.63, 3.8) is 0 Å². The van der Waals surface area contributed by atoms with Crippen LogP contribution < -0.4 is 4.72 Å². The smallest absolute Gasteiger partial charge is 0.342 e. The molecule has 1 N–H and O–H groups in total. The van der Waals surface area contributed by atoms with Gasteiger partial charge in [-0.05, 0) is 29.6 Å². The molecule has 0 saturated heterocycles. The number of carbonyl (C=O) groups excluding carboxylic acids is 1. The van der Waals surface area contributed by atoms with Crippen LogP contribution in [0, 0.1) is 0 Å². The van der Waals surface area contributed by atoms with Gasteiger partial charge in [-0.15, -0.1) is 11.3 Å². The van der Waals surface area contributed by atoms with Crippen molar-refractivity contribution in [2.75, 3.05) is 18.9 Å². The minimum atomic E-state index is -3.68. The fourth-order valence-corrected chi connectivity index (χ4v) is 4.43. The molecule has 7 nitrogen and oxygen atoms in total. The van der Waals surface area contributed by atoms with Crippen molar-refractivity contribution in [2.45, 2.75) is 10.8 Å². The Labute approximate surface area is 148 Å². The van der Waals surface area contributed by atoms with Crippen LogP contribution in [0.5, 0.6) is 0 Å². The van der Waals surface area contributed by atoms with E-state index in [0.717, 1.165) is 11.3 Å². The fourth-order valence-electron chi connectivity index (χ4n) is 2.39. The van der Waals surface area contributed by atoms with Crippen LogP contribution >= 0.6 is 11.3 Å². The van der Waals surface area contributed by atoms with Crippen molar-refractivity contribution in [3.05, 3.63) is 47.0 Å². The quantitative estimate of drug-likeness (QED) is 0.659. The highest BCUT2D eigenvalue weighted by Crippen LogP contribution is 2.31. The summed E-state index contributed by atoms with van der Waals surface area (Å²) in [5.41, 5.74) is 0.971. The van der Waals surface area contributed by atoms with Gasteiger partial charge < -0.3 is 13.9 Å². The molecule has 132 valence electrons. The number of carbonyl (C=O) groups is 1. The highest BCUT2D eigenvalue weighted by molar-refractivity contribution is 7.94. The molecule has 3 aromatic rings. The van der Waals surface area contributed by atoms with Gasteiger partial charge in [0.1, 0.15) is 27.7 Å². The van der Waals surface area contributed by atoms with Gasteiger partial charge in [0.05, 0.1) is 7.11 Å². The SMILES string of the molecule is COCc1oc2ccc(NS(=O)(=O)c3cccs3)cc2c1C(=O)OC. The number of anilines is 1. The van der Waals surface area contributed by atoms with Gasteiger partial charge >= 0.3 is 5.97 Å². The second-order valence-electron chi connectivity index (χ2n) is 5.07. The molecule has 3 rings (SSSR count). The number of nitrogens with one attached hydrogen (secondary N) is 1. The topological polar surface area (TPSA) is 94.8 Å². The number of rotatable bonds is 6. The summed E-state index contributed by atoms with van der Waals surface area (Å²) in [7, 11) is -0.938. The third kappa shape index (κ3) is 3.39. The Morgan fingerprint density at radius 3 is 2.72 bits per heavy atom. The molecule has 1 aromatic carbocycles. The Hall–Kier alpha value is -2.36. The summed E-state index contributed by atoms with van der Waals surface area (Å²) in [5, 5.41) is 2.13. The third-order valence-corrected chi connectivity index (χ3v) is 6.22. The van der Waals surface area contributed by atoms with E-state index in [2.05, 4.69) is 4.72 Å². The minimum Gasteiger partial charge on any atom is -0.465 e. The Kier molecular flexibility index (Phi) is 4.80. The zero-order valence-electron chi connectivity index (χ0n) is 13.4. The molecule has 0 unspecified atom stereocenters. The molecule has 0 aliphatic rings. The molecule has 0 aliphatic heterocycles. The van der Waals surface area contributed by atoms with E-state index in [9.17, 15) is 13.2 Å². The normalized spacial score (nSPS) is 11.6. The lowest BCUT2D eigenvalue weighted by molar-refractivity contribution is 0.0594. The Morgan fingerprint density at radius 2 is 2.08 bits per heavy atom. The van der Waals surface area contributed by atoms with E-state index in [1.807, 2.05) is 0 Å². The maximum atomic E-state index is 12.3. The summed E-state index contributed by atoms with van der Waals surface area (Å²) in [6.07, 6.45) is 0. The molecule has 2 aromatic heterocycles. The monoisotopic (exact) mass is 381 g/mol. The third-order valence-electron chi connectivity index (χ3n) is 3.44. The fraction of sp³-hybridized carbons (Fsp3) is 0.188. The predicted octanol–water partition coefficient (Wildman–Crippen LogP) is 3.23. The molecule has 9 heteroatoms. The first-order valence-electron chi connectivity index (χ1n) is 7.15. The molecule has 0 amide bonds. The van der Waals surface area contributed by atoms with Gasteiger partial charge in [0.25, 0.3) is 10.0 Å². The zero-order valence-corrected chi connectivity index (χ0v) is 15.1. The van der Waals surface area contributed by atoms with Crippen LogP contribution in [0.25, 0.3) is 11.0 Å². The van der Waals surface area contributed by atoms with E-state index in [4.69, 9.17) is 13.9 Å². The van der Waals surface area contributed by atoms with E-state index >= 15 is 0 Å². The summed E-state index contributed by atoms with van der Waals surface area (Å²) >= 11 is 1.12. The van der Waals surface area contributed by atoms with Crippen molar-refractivity contribution >= 4 is 44.0 Å². The molecular formula is C16H15NO6S2. The highest BCUT2D eigenvalue weighted by Gasteiger charge is 2.23. The van der Waals surface area contributed by atoms with Crippen LogP contribution in [0.3, 0.4) is 0 Å². The van der Waals surface area contributed by atoms with E-state index < -0.39 is 16.0 Å². The molecule has 0 fully saturated rings. The maximum Gasteiger partial charge on any atom is 0.342 e. The standard InChI is InChI=1S/C16H15NO6S2/c1-21-9-13-15(16(18)22-2)11-8-10(5-6-12(11)23-13)17-25(19,20)14-4-3-7-24-14/h3-8,17H,9H2,1-2H3. The molecule has 0 saturated carbocycles. The lowest BCUT2D eigenvalue weighted by atomic mass is 10.1. The van der Waals surface area contributed by atoms with Gasteiger partial charge in [0.15, 0.2) is 0 Å². The molecule has 0 radical (unpaired) electrons. The number of ether oxygens (including phenoxy) is 2. The first kappa shape index (κ1) is 17.5. The molecule has 2 heterocycles. The number of sulfonamides is 1.